The van der Waals surface area contributed by atoms with Gasteiger partial charge in [0.15, 0.2) is 17.5 Å². The van der Waals surface area contributed by atoms with Crippen LogP contribution in [-0.2, 0) is 0 Å². The summed E-state index contributed by atoms with van der Waals surface area (Å²) < 4.78 is 9.22. The van der Waals surface area contributed by atoms with Crippen LogP contribution in [0.5, 0.6) is 0 Å². The summed E-state index contributed by atoms with van der Waals surface area (Å²) >= 11 is 0. The highest BCUT2D eigenvalue weighted by Crippen LogP contribution is 2.42. The Hall–Kier alpha value is -7.63. The Labute approximate surface area is 320 Å². The molecule has 260 valence electrons. The molecule has 0 fully saturated rings. The molecule has 3 heterocycles. The van der Waals surface area contributed by atoms with Crippen molar-refractivity contribution in [2.75, 3.05) is 0 Å². The van der Waals surface area contributed by atoms with Crippen molar-refractivity contribution in [2.24, 2.45) is 0 Å². The van der Waals surface area contributed by atoms with Gasteiger partial charge in [-0.2, -0.15) is 0 Å². The number of hydrogen-bond donors (Lipinski definition) is 0. The van der Waals surface area contributed by atoms with E-state index in [1.807, 2.05) is 66.7 Å². The van der Waals surface area contributed by atoms with E-state index < -0.39 is 0 Å². The Morgan fingerprint density at radius 1 is 0.375 bits per heavy atom. The van der Waals surface area contributed by atoms with Crippen molar-refractivity contribution in [2.45, 2.75) is 0 Å². The molecule has 3 aromatic heterocycles. The van der Waals surface area contributed by atoms with Gasteiger partial charge in [0.2, 0.25) is 0 Å². The molecule has 0 aliphatic carbocycles. The van der Waals surface area contributed by atoms with Gasteiger partial charge in [0.05, 0.1) is 16.6 Å². The summed E-state index contributed by atoms with van der Waals surface area (Å²) in [6.45, 7) is 0. The average molecular weight is 715 g/mol. The second-order valence-corrected chi connectivity index (χ2v) is 14.4. The molecule has 0 saturated heterocycles. The minimum Gasteiger partial charge on any atom is -0.455 e. The molecular weight excluding hydrogens is 685 g/mol. The molecule has 0 spiro atoms. The predicted octanol–water partition coefficient (Wildman–Crippen LogP) is 13.3. The second-order valence-electron chi connectivity index (χ2n) is 14.4. The van der Waals surface area contributed by atoms with E-state index in [4.69, 9.17) is 19.4 Å². The number of furan rings is 1. The maximum Gasteiger partial charge on any atom is 0.167 e. The standard InChI is InChI=1S/C51H30N4O/c1-3-12-32(13-4-1)49-52-50(33-14-5-2-6-15-33)54-51(53-49)40-21-11-20-39-47-41-30-38(24-22-31(41)23-25-46(47)56-48(39)40)55-44-28-36-18-9-7-16-34(36)26-42(44)43-27-35-17-8-10-19-37(35)29-45(43)55/h1-30H. The summed E-state index contributed by atoms with van der Waals surface area (Å²) in [5.74, 6) is 1.80. The quantitative estimate of drug-likeness (QED) is 0.182. The van der Waals surface area contributed by atoms with Crippen LogP contribution in [-0.4, -0.2) is 19.5 Å². The van der Waals surface area contributed by atoms with Crippen LogP contribution in [0.15, 0.2) is 186 Å². The molecule has 0 atom stereocenters. The van der Waals surface area contributed by atoms with Crippen molar-refractivity contribution in [1.29, 1.82) is 0 Å². The molecule has 0 aliphatic rings. The summed E-state index contributed by atoms with van der Waals surface area (Å²) in [5.41, 5.74) is 7.69. The number of benzene rings is 9. The van der Waals surface area contributed by atoms with Gasteiger partial charge >= 0.3 is 0 Å². The molecule has 0 radical (unpaired) electrons. The van der Waals surface area contributed by atoms with Crippen LogP contribution < -0.4 is 0 Å². The topological polar surface area (TPSA) is 56.7 Å². The van der Waals surface area contributed by atoms with E-state index >= 15 is 0 Å². The van der Waals surface area contributed by atoms with Crippen LogP contribution in [0.3, 0.4) is 0 Å². The molecule has 5 nitrogen and oxygen atoms in total. The Balaban J connectivity index is 1.11. The Morgan fingerprint density at radius 2 is 0.911 bits per heavy atom. The zero-order valence-corrected chi connectivity index (χ0v) is 30.0. The number of rotatable bonds is 4. The summed E-state index contributed by atoms with van der Waals surface area (Å²) in [6, 6.07) is 64.0. The van der Waals surface area contributed by atoms with Crippen molar-refractivity contribution < 1.29 is 4.42 Å². The van der Waals surface area contributed by atoms with Crippen molar-refractivity contribution in [1.82, 2.24) is 19.5 Å². The summed E-state index contributed by atoms with van der Waals surface area (Å²) in [7, 11) is 0. The van der Waals surface area contributed by atoms with Gasteiger partial charge < -0.3 is 8.98 Å². The first-order valence-electron chi connectivity index (χ1n) is 18.8. The maximum atomic E-state index is 6.80. The Morgan fingerprint density at radius 3 is 1.52 bits per heavy atom. The number of para-hydroxylation sites is 1. The van der Waals surface area contributed by atoms with Gasteiger partial charge in [0, 0.05) is 38.4 Å². The first-order chi connectivity index (χ1) is 27.7. The second kappa shape index (κ2) is 11.9. The van der Waals surface area contributed by atoms with E-state index in [-0.39, 0.29) is 0 Å². The van der Waals surface area contributed by atoms with Crippen LogP contribution in [0.2, 0.25) is 0 Å². The van der Waals surface area contributed by atoms with E-state index in [1.165, 1.54) is 43.4 Å². The van der Waals surface area contributed by atoms with E-state index in [0.29, 0.717) is 17.5 Å². The summed E-state index contributed by atoms with van der Waals surface area (Å²) in [4.78, 5) is 15.0. The first-order valence-corrected chi connectivity index (χ1v) is 18.8. The van der Waals surface area contributed by atoms with Crippen molar-refractivity contribution in [3.8, 4) is 39.9 Å². The smallest absolute Gasteiger partial charge is 0.167 e. The molecule has 0 bridgehead atoms. The molecule has 56 heavy (non-hydrogen) atoms. The third-order valence-corrected chi connectivity index (χ3v) is 11.2. The third-order valence-electron chi connectivity index (χ3n) is 11.2. The fraction of sp³-hybridized carbons (Fsp3) is 0. The number of hydrogen-bond acceptors (Lipinski definition) is 4. The lowest BCUT2D eigenvalue weighted by Crippen LogP contribution is -2.00. The molecule has 5 heteroatoms. The molecule has 0 N–H and O–H groups in total. The van der Waals surface area contributed by atoms with E-state index in [1.54, 1.807) is 0 Å². The van der Waals surface area contributed by atoms with Crippen molar-refractivity contribution in [3.05, 3.63) is 182 Å². The van der Waals surface area contributed by atoms with Gasteiger partial charge in [-0.25, -0.2) is 15.0 Å². The van der Waals surface area contributed by atoms with Crippen LogP contribution in [0.4, 0.5) is 0 Å². The van der Waals surface area contributed by atoms with Gasteiger partial charge in [-0.3, -0.25) is 0 Å². The van der Waals surface area contributed by atoms with Gasteiger partial charge in [0.25, 0.3) is 0 Å². The largest absolute Gasteiger partial charge is 0.455 e. The fourth-order valence-electron chi connectivity index (χ4n) is 8.51. The van der Waals surface area contributed by atoms with Gasteiger partial charge in [0.1, 0.15) is 11.2 Å². The zero-order chi connectivity index (χ0) is 36.7. The third kappa shape index (κ3) is 4.71. The highest BCUT2D eigenvalue weighted by atomic mass is 16.3. The number of aromatic nitrogens is 4. The van der Waals surface area contributed by atoms with Gasteiger partial charge in [-0.05, 0) is 80.8 Å². The lowest BCUT2D eigenvalue weighted by Gasteiger charge is -2.11. The monoisotopic (exact) mass is 714 g/mol. The molecule has 12 rings (SSSR count). The summed E-state index contributed by atoms with van der Waals surface area (Å²) in [6.07, 6.45) is 0. The zero-order valence-electron chi connectivity index (χ0n) is 30.0. The minimum atomic E-state index is 0.567. The minimum absolute atomic E-state index is 0.567. The molecule has 0 amide bonds. The number of fused-ring (bicyclic) bond motifs is 10. The molecule has 0 unspecified atom stereocenters. The highest BCUT2D eigenvalue weighted by molar-refractivity contribution is 6.21. The van der Waals surface area contributed by atoms with Crippen LogP contribution in [0, 0.1) is 0 Å². The molecule has 12 aromatic rings. The van der Waals surface area contributed by atoms with Crippen molar-refractivity contribution in [3.63, 3.8) is 0 Å². The van der Waals surface area contributed by atoms with Crippen LogP contribution >= 0.6 is 0 Å². The van der Waals surface area contributed by atoms with E-state index in [0.717, 1.165) is 55.1 Å². The first kappa shape index (κ1) is 30.8. The van der Waals surface area contributed by atoms with Gasteiger partial charge in [-0.1, -0.05) is 133 Å². The molecule has 0 saturated carbocycles. The molecular formula is C51H30N4O. The maximum absolute atomic E-state index is 6.80. The van der Waals surface area contributed by atoms with Crippen molar-refractivity contribution >= 4 is 76.1 Å². The molecule has 9 aromatic carbocycles. The fourth-order valence-corrected chi connectivity index (χ4v) is 8.51. The van der Waals surface area contributed by atoms with Gasteiger partial charge in [-0.15, -0.1) is 0 Å². The van der Waals surface area contributed by atoms with Crippen LogP contribution in [0.25, 0.3) is 116 Å². The lowest BCUT2D eigenvalue weighted by molar-refractivity contribution is 0.670. The predicted molar refractivity (Wildman–Crippen MR) is 230 cm³/mol. The lowest BCUT2D eigenvalue weighted by atomic mass is 10.0. The Bertz CT molecular complexity index is 3380. The molecule has 0 aliphatic heterocycles. The summed E-state index contributed by atoms with van der Waals surface area (Å²) in [5, 5.41) is 11.7. The number of nitrogens with zero attached hydrogens (tertiary/aromatic N) is 4. The van der Waals surface area contributed by atoms with E-state index in [2.05, 4.69) is 120 Å². The normalized spacial score (nSPS) is 11.9. The highest BCUT2D eigenvalue weighted by Gasteiger charge is 2.20. The SMILES string of the molecule is c1ccc(-c2nc(-c3ccccc3)nc(-c3cccc4c3oc3ccc5ccc(-n6c7cc8ccccc8cc7c7cc8ccccc8cc76)cc5c34)n2)cc1. The van der Waals surface area contributed by atoms with E-state index in [9.17, 15) is 0 Å². The average Bonchev–Trinajstić information content (AvgIpc) is 3.80. The Kier molecular flexibility index (Phi) is 6.56. The van der Waals surface area contributed by atoms with Crippen LogP contribution in [0.1, 0.15) is 0 Å².